The third-order valence-electron chi connectivity index (χ3n) is 4.54. The molecule has 3 aromatic rings. The number of ether oxygens (including phenoxy) is 2. The summed E-state index contributed by atoms with van der Waals surface area (Å²) in [6.45, 7) is 2.67. The van der Waals surface area contributed by atoms with Gasteiger partial charge in [-0.25, -0.2) is 4.79 Å². The summed E-state index contributed by atoms with van der Waals surface area (Å²) in [5, 5.41) is 6.34. The zero-order valence-electron chi connectivity index (χ0n) is 18.2. The molecule has 178 valence electrons. The lowest BCUT2D eigenvalue weighted by molar-refractivity contribution is -0.137. The Morgan fingerprint density at radius 1 is 1.09 bits per heavy atom. The van der Waals surface area contributed by atoms with Gasteiger partial charge in [0, 0.05) is 5.69 Å². The normalized spacial score (nSPS) is 11.1. The van der Waals surface area contributed by atoms with Gasteiger partial charge in [-0.1, -0.05) is 24.3 Å². The first-order chi connectivity index (χ1) is 16.1. The highest BCUT2D eigenvalue weighted by Gasteiger charge is 2.30. The number of halogens is 3. The molecule has 0 saturated heterocycles. The van der Waals surface area contributed by atoms with E-state index in [4.69, 9.17) is 9.47 Å². The minimum atomic E-state index is -4.57. The van der Waals surface area contributed by atoms with E-state index in [0.29, 0.717) is 5.69 Å². The molecule has 1 aromatic heterocycles. The monoisotopic (exact) mass is 475 g/mol. The molecule has 0 radical (unpaired) electrons. The molecular weight excluding hydrogens is 455 g/mol. The molecule has 0 aliphatic carbocycles. The molecule has 0 saturated carbocycles. The molecular formula is C23H20F3N3O5. The Hall–Kier alpha value is -4.15. The van der Waals surface area contributed by atoms with Crippen LogP contribution in [0.3, 0.4) is 0 Å². The van der Waals surface area contributed by atoms with E-state index in [1.54, 1.807) is 38.1 Å². The number of para-hydroxylation sites is 1. The van der Waals surface area contributed by atoms with Gasteiger partial charge in [-0.2, -0.15) is 23.0 Å². The van der Waals surface area contributed by atoms with E-state index in [2.05, 4.69) is 10.4 Å². The summed E-state index contributed by atoms with van der Waals surface area (Å²) in [4.78, 5) is 37.3. The van der Waals surface area contributed by atoms with Crippen molar-refractivity contribution in [3.63, 3.8) is 0 Å². The smallest absolute Gasteiger partial charge is 0.416 e. The van der Waals surface area contributed by atoms with Gasteiger partial charge >= 0.3 is 12.1 Å². The summed E-state index contributed by atoms with van der Waals surface area (Å²) in [6.07, 6.45) is -4.57. The Morgan fingerprint density at radius 3 is 2.50 bits per heavy atom. The number of anilines is 1. The van der Waals surface area contributed by atoms with E-state index < -0.39 is 35.8 Å². The first-order valence-electron chi connectivity index (χ1n) is 10.1. The van der Waals surface area contributed by atoms with Crippen molar-refractivity contribution in [2.75, 3.05) is 18.5 Å². The van der Waals surface area contributed by atoms with Gasteiger partial charge in [0.15, 0.2) is 12.4 Å². The maximum absolute atomic E-state index is 12.9. The van der Waals surface area contributed by atoms with Crippen LogP contribution in [0.5, 0.6) is 5.75 Å². The van der Waals surface area contributed by atoms with E-state index in [1.165, 1.54) is 6.07 Å². The topological polar surface area (TPSA) is 99.5 Å². The molecule has 0 aliphatic heterocycles. The number of aryl methyl sites for hydroxylation is 1. The number of nitrogens with zero attached hydrogens (tertiary/aromatic N) is 2. The maximum atomic E-state index is 12.9. The van der Waals surface area contributed by atoms with E-state index in [0.717, 1.165) is 34.5 Å². The summed E-state index contributed by atoms with van der Waals surface area (Å²) in [6, 6.07) is 11.9. The number of rotatable bonds is 7. The van der Waals surface area contributed by atoms with Gasteiger partial charge in [0.05, 0.1) is 23.9 Å². The minimum Gasteiger partial charge on any atom is -0.481 e. The molecule has 8 nitrogen and oxygen atoms in total. The quantitative estimate of drug-likeness (QED) is 0.523. The first kappa shape index (κ1) is 24.5. The van der Waals surface area contributed by atoms with Crippen LogP contribution in [0.1, 0.15) is 28.5 Å². The predicted molar refractivity (Wildman–Crippen MR) is 116 cm³/mol. The second-order valence-corrected chi connectivity index (χ2v) is 7.03. The number of benzene rings is 2. The molecule has 0 atom stereocenters. The van der Waals surface area contributed by atoms with E-state index in [1.807, 2.05) is 0 Å². The molecule has 0 unspecified atom stereocenters. The number of aromatic nitrogens is 2. The highest BCUT2D eigenvalue weighted by Crippen LogP contribution is 2.30. The number of alkyl halides is 3. The van der Waals surface area contributed by atoms with Crippen LogP contribution in [-0.4, -0.2) is 34.9 Å². The molecule has 11 heteroatoms. The van der Waals surface area contributed by atoms with Crippen molar-refractivity contribution >= 4 is 17.6 Å². The molecule has 2 aromatic carbocycles. The van der Waals surface area contributed by atoms with Crippen LogP contribution in [0, 0.1) is 6.92 Å². The number of carbonyl (C=O) groups is 2. The van der Waals surface area contributed by atoms with E-state index in [9.17, 15) is 27.6 Å². The third-order valence-corrected chi connectivity index (χ3v) is 4.54. The van der Waals surface area contributed by atoms with Crippen molar-refractivity contribution in [2.45, 2.75) is 20.0 Å². The minimum absolute atomic E-state index is 0.0273. The lowest BCUT2D eigenvalue weighted by Gasteiger charge is -2.14. The van der Waals surface area contributed by atoms with E-state index in [-0.39, 0.29) is 23.7 Å². The van der Waals surface area contributed by atoms with Crippen molar-refractivity contribution in [1.82, 2.24) is 9.78 Å². The Balaban J connectivity index is 1.84. The SMILES string of the molecule is CCOC(=O)c1nn(-c2ccccc2C)c(=O)cc1OCC(=O)Nc1cccc(C(F)(F)F)c1. The Kier molecular flexibility index (Phi) is 7.34. The van der Waals surface area contributed by atoms with Gasteiger partial charge in [0.1, 0.15) is 0 Å². The van der Waals surface area contributed by atoms with Crippen molar-refractivity contribution in [3.8, 4) is 11.4 Å². The van der Waals surface area contributed by atoms with Gasteiger partial charge in [0.2, 0.25) is 5.69 Å². The van der Waals surface area contributed by atoms with Gasteiger partial charge in [-0.3, -0.25) is 9.59 Å². The number of hydrogen-bond donors (Lipinski definition) is 1. The Labute approximate surface area is 191 Å². The summed E-state index contributed by atoms with van der Waals surface area (Å²) < 4.78 is 49.9. The van der Waals surface area contributed by atoms with Gasteiger partial charge in [-0.05, 0) is 43.7 Å². The van der Waals surface area contributed by atoms with Crippen LogP contribution in [0.15, 0.2) is 59.4 Å². The molecule has 0 spiro atoms. The summed E-state index contributed by atoms with van der Waals surface area (Å²) in [5.74, 6) is -1.98. The van der Waals surface area contributed by atoms with Crippen LogP contribution in [0.25, 0.3) is 5.69 Å². The van der Waals surface area contributed by atoms with Gasteiger partial charge < -0.3 is 14.8 Å². The molecule has 0 fully saturated rings. The van der Waals surface area contributed by atoms with Crippen LogP contribution in [0.4, 0.5) is 18.9 Å². The number of hydrogen-bond acceptors (Lipinski definition) is 6. The molecule has 1 N–H and O–H groups in total. The Bertz CT molecular complexity index is 1270. The fourth-order valence-corrected chi connectivity index (χ4v) is 2.98. The standard InChI is InChI=1S/C23H20F3N3O5/c1-3-33-22(32)21-18(12-20(31)29(28-21)17-10-5-4-7-14(17)2)34-13-19(30)27-16-9-6-8-15(11-16)23(24,25)26/h4-12H,3,13H2,1-2H3,(H,27,30). The molecule has 34 heavy (non-hydrogen) atoms. The number of amides is 1. The molecule has 1 amide bonds. The summed E-state index contributed by atoms with van der Waals surface area (Å²) in [5.41, 5.74) is -0.831. The van der Waals surface area contributed by atoms with Crippen molar-refractivity contribution in [2.24, 2.45) is 0 Å². The van der Waals surface area contributed by atoms with Crippen LogP contribution in [0.2, 0.25) is 0 Å². The third kappa shape index (κ3) is 5.80. The zero-order valence-corrected chi connectivity index (χ0v) is 18.2. The lowest BCUT2D eigenvalue weighted by Crippen LogP contribution is -2.27. The number of nitrogens with one attached hydrogen (secondary N) is 1. The highest BCUT2D eigenvalue weighted by atomic mass is 19.4. The fourth-order valence-electron chi connectivity index (χ4n) is 2.98. The number of esters is 1. The number of carbonyl (C=O) groups excluding carboxylic acids is 2. The van der Waals surface area contributed by atoms with Gasteiger partial charge in [0.25, 0.3) is 11.5 Å². The van der Waals surface area contributed by atoms with Crippen LogP contribution in [-0.2, 0) is 15.7 Å². The Morgan fingerprint density at radius 2 is 1.82 bits per heavy atom. The van der Waals surface area contributed by atoms with Crippen molar-refractivity contribution in [3.05, 3.63) is 81.8 Å². The predicted octanol–water partition coefficient (Wildman–Crippen LogP) is 3.75. The van der Waals surface area contributed by atoms with Gasteiger partial charge in [-0.15, -0.1) is 0 Å². The molecule has 3 rings (SSSR count). The summed E-state index contributed by atoms with van der Waals surface area (Å²) in [7, 11) is 0. The second-order valence-electron chi connectivity index (χ2n) is 7.03. The van der Waals surface area contributed by atoms with Crippen LogP contribution >= 0.6 is 0 Å². The van der Waals surface area contributed by atoms with Crippen LogP contribution < -0.4 is 15.6 Å². The lowest BCUT2D eigenvalue weighted by atomic mass is 10.2. The molecule has 0 bridgehead atoms. The van der Waals surface area contributed by atoms with Crippen molar-refractivity contribution < 1.29 is 32.2 Å². The second kappa shape index (κ2) is 10.2. The fraction of sp³-hybridized carbons (Fsp3) is 0.217. The maximum Gasteiger partial charge on any atom is 0.416 e. The summed E-state index contributed by atoms with van der Waals surface area (Å²) >= 11 is 0. The van der Waals surface area contributed by atoms with E-state index >= 15 is 0 Å². The van der Waals surface area contributed by atoms with Crippen molar-refractivity contribution in [1.29, 1.82) is 0 Å². The average Bonchev–Trinajstić information content (AvgIpc) is 2.78. The molecule has 0 aliphatic rings. The zero-order chi connectivity index (χ0) is 24.9. The first-order valence-corrected chi connectivity index (χ1v) is 10.1. The molecule has 1 heterocycles. The largest absolute Gasteiger partial charge is 0.481 e. The highest BCUT2D eigenvalue weighted by molar-refractivity contribution is 5.93. The average molecular weight is 475 g/mol.